The Balaban J connectivity index is 1.95. The Kier molecular flexibility index (Phi) is 3.84. The summed E-state index contributed by atoms with van der Waals surface area (Å²) in [7, 11) is -3.45. The summed E-state index contributed by atoms with van der Waals surface area (Å²) in [6, 6.07) is 3.37. The summed E-state index contributed by atoms with van der Waals surface area (Å²) in [5.41, 5.74) is 0.706. The van der Waals surface area contributed by atoms with E-state index < -0.39 is 10.0 Å². The van der Waals surface area contributed by atoms with Crippen LogP contribution in [-0.2, 0) is 10.0 Å². The largest absolute Gasteiger partial charge is 0.486 e. The van der Waals surface area contributed by atoms with Gasteiger partial charge < -0.3 is 9.47 Å². The van der Waals surface area contributed by atoms with Crippen molar-refractivity contribution in [1.82, 2.24) is 4.31 Å². The molecule has 2 aliphatic rings. The van der Waals surface area contributed by atoms with Gasteiger partial charge in [0, 0.05) is 19.2 Å². The molecule has 5 nitrogen and oxygen atoms in total. The molecule has 1 saturated heterocycles. The molecule has 0 saturated carbocycles. The second-order valence-electron chi connectivity index (χ2n) is 5.85. The van der Waals surface area contributed by atoms with E-state index in [1.807, 2.05) is 0 Å². The summed E-state index contributed by atoms with van der Waals surface area (Å²) < 4.78 is 38.3. The van der Waals surface area contributed by atoms with E-state index in [0.717, 1.165) is 12.8 Å². The Morgan fingerprint density at radius 3 is 2.29 bits per heavy atom. The zero-order valence-corrected chi connectivity index (χ0v) is 13.3. The van der Waals surface area contributed by atoms with Crippen molar-refractivity contribution in [2.24, 2.45) is 5.92 Å². The van der Waals surface area contributed by atoms with E-state index in [1.54, 1.807) is 23.4 Å². The highest BCUT2D eigenvalue weighted by Gasteiger charge is 2.30. The van der Waals surface area contributed by atoms with Crippen LogP contribution in [0, 0.1) is 12.8 Å². The average molecular weight is 311 g/mol. The van der Waals surface area contributed by atoms with Gasteiger partial charge in [-0.25, -0.2) is 8.42 Å². The first-order valence-electron chi connectivity index (χ1n) is 7.39. The first-order chi connectivity index (χ1) is 9.98. The summed E-state index contributed by atoms with van der Waals surface area (Å²) >= 11 is 0. The van der Waals surface area contributed by atoms with Crippen molar-refractivity contribution in [3.8, 4) is 11.5 Å². The number of sulfonamides is 1. The molecule has 0 bridgehead atoms. The predicted molar refractivity (Wildman–Crippen MR) is 79.3 cm³/mol. The Morgan fingerprint density at radius 1 is 1.10 bits per heavy atom. The second-order valence-corrected chi connectivity index (χ2v) is 7.75. The summed E-state index contributed by atoms with van der Waals surface area (Å²) in [5, 5.41) is 0. The molecule has 0 aromatic heterocycles. The first kappa shape index (κ1) is 14.7. The smallest absolute Gasteiger partial charge is 0.243 e. The molecule has 0 atom stereocenters. The molecule has 116 valence electrons. The van der Waals surface area contributed by atoms with Gasteiger partial charge in [-0.2, -0.15) is 4.31 Å². The van der Waals surface area contributed by atoms with Gasteiger partial charge in [0.1, 0.15) is 13.2 Å². The Labute approximate surface area is 125 Å². The van der Waals surface area contributed by atoms with Crippen molar-refractivity contribution in [1.29, 1.82) is 0 Å². The first-order valence-corrected chi connectivity index (χ1v) is 8.83. The van der Waals surface area contributed by atoms with E-state index in [4.69, 9.17) is 9.47 Å². The predicted octanol–water partition coefficient (Wildman–Crippen LogP) is 2.19. The molecule has 0 unspecified atom stereocenters. The van der Waals surface area contributed by atoms with Gasteiger partial charge in [0.2, 0.25) is 10.0 Å². The average Bonchev–Trinajstić information content (AvgIpc) is 2.47. The van der Waals surface area contributed by atoms with Crippen molar-refractivity contribution in [3.63, 3.8) is 0 Å². The minimum absolute atomic E-state index is 0.335. The summed E-state index contributed by atoms with van der Waals surface area (Å²) in [5.74, 6) is 1.75. The normalized spacial score (nSPS) is 20.5. The highest BCUT2D eigenvalue weighted by molar-refractivity contribution is 7.89. The third-order valence-electron chi connectivity index (χ3n) is 4.20. The molecular weight excluding hydrogens is 290 g/mol. The molecular formula is C15H21NO4S. The van der Waals surface area contributed by atoms with Gasteiger partial charge in [0.25, 0.3) is 0 Å². The van der Waals surface area contributed by atoms with Gasteiger partial charge in [-0.1, -0.05) is 6.92 Å². The lowest BCUT2D eigenvalue weighted by Gasteiger charge is -2.30. The van der Waals surface area contributed by atoms with Crippen molar-refractivity contribution in [2.45, 2.75) is 31.6 Å². The minimum atomic E-state index is -3.45. The molecule has 0 aliphatic carbocycles. The molecule has 2 heterocycles. The van der Waals surface area contributed by atoms with Gasteiger partial charge in [0.15, 0.2) is 11.5 Å². The molecule has 0 N–H and O–H groups in total. The van der Waals surface area contributed by atoms with Crippen LogP contribution < -0.4 is 9.47 Å². The lowest BCUT2D eigenvalue weighted by molar-refractivity contribution is 0.171. The van der Waals surface area contributed by atoms with Crippen molar-refractivity contribution in [2.75, 3.05) is 26.3 Å². The highest BCUT2D eigenvalue weighted by atomic mass is 32.2. The number of piperidine rings is 1. The maximum atomic E-state index is 12.8. The zero-order valence-electron chi connectivity index (χ0n) is 12.5. The second kappa shape index (κ2) is 5.50. The van der Waals surface area contributed by atoms with E-state index in [-0.39, 0.29) is 0 Å². The molecule has 0 radical (unpaired) electrons. The van der Waals surface area contributed by atoms with Crippen LogP contribution in [0.4, 0.5) is 0 Å². The highest BCUT2D eigenvalue weighted by Crippen LogP contribution is 2.36. The molecule has 6 heteroatoms. The van der Waals surface area contributed by atoms with Crippen molar-refractivity contribution >= 4 is 10.0 Å². The lowest BCUT2D eigenvalue weighted by Crippen LogP contribution is -2.38. The number of ether oxygens (including phenoxy) is 2. The minimum Gasteiger partial charge on any atom is -0.486 e. The number of rotatable bonds is 2. The number of nitrogens with zero attached hydrogens (tertiary/aromatic N) is 1. The number of benzene rings is 1. The van der Waals surface area contributed by atoms with Crippen LogP contribution in [0.5, 0.6) is 11.5 Å². The van der Waals surface area contributed by atoms with Crippen LogP contribution >= 0.6 is 0 Å². The molecule has 0 spiro atoms. The molecule has 1 aromatic rings. The van der Waals surface area contributed by atoms with Crippen LogP contribution in [0.15, 0.2) is 17.0 Å². The van der Waals surface area contributed by atoms with E-state index in [0.29, 0.717) is 54.2 Å². The molecule has 0 amide bonds. The van der Waals surface area contributed by atoms with Crippen molar-refractivity contribution in [3.05, 3.63) is 17.7 Å². The Hall–Kier alpha value is -1.27. The van der Waals surface area contributed by atoms with Gasteiger partial charge in [-0.15, -0.1) is 0 Å². The van der Waals surface area contributed by atoms with E-state index >= 15 is 0 Å². The SMILES string of the molecule is Cc1cc2c(cc1S(=O)(=O)N1CCC(C)CC1)OCCO2. The number of aryl methyl sites for hydroxylation is 1. The fourth-order valence-electron chi connectivity index (χ4n) is 2.81. The third-order valence-corrected chi connectivity index (χ3v) is 6.24. The van der Waals surface area contributed by atoms with E-state index in [1.165, 1.54) is 0 Å². The number of hydrogen-bond acceptors (Lipinski definition) is 4. The fourth-order valence-corrected chi connectivity index (χ4v) is 4.51. The van der Waals surface area contributed by atoms with Gasteiger partial charge in [-0.05, 0) is 37.3 Å². The zero-order chi connectivity index (χ0) is 15.0. The third kappa shape index (κ3) is 2.74. The maximum Gasteiger partial charge on any atom is 0.243 e. The van der Waals surface area contributed by atoms with Crippen LogP contribution in [0.2, 0.25) is 0 Å². The van der Waals surface area contributed by atoms with Gasteiger partial charge in [-0.3, -0.25) is 0 Å². The summed E-state index contributed by atoms with van der Waals surface area (Å²) in [6.07, 6.45) is 1.84. The Morgan fingerprint density at radius 2 is 1.67 bits per heavy atom. The quantitative estimate of drug-likeness (QED) is 0.840. The standard InChI is InChI=1S/C15H21NO4S/c1-11-3-5-16(6-4-11)21(17,18)15-10-14-13(9-12(15)2)19-7-8-20-14/h9-11H,3-8H2,1-2H3. The van der Waals surface area contributed by atoms with Crippen molar-refractivity contribution < 1.29 is 17.9 Å². The monoisotopic (exact) mass is 311 g/mol. The van der Waals surface area contributed by atoms with Crippen LogP contribution in [-0.4, -0.2) is 39.0 Å². The molecule has 21 heavy (non-hydrogen) atoms. The molecule has 1 aromatic carbocycles. The van der Waals surface area contributed by atoms with E-state index in [9.17, 15) is 8.42 Å². The van der Waals surface area contributed by atoms with Gasteiger partial charge >= 0.3 is 0 Å². The maximum absolute atomic E-state index is 12.8. The summed E-state index contributed by atoms with van der Waals surface area (Å²) in [6.45, 7) is 6.12. The number of fused-ring (bicyclic) bond motifs is 1. The molecule has 3 rings (SSSR count). The molecule has 1 fully saturated rings. The van der Waals surface area contributed by atoms with Crippen LogP contribution in [0.3, 0.4) is 0 Å². The topological polar surface area (TPSA) is 55.8 Å². The number of hydrogen-bond donors (Lipinski definition) is 0. The summed E-state index contributed by atoms with van der Waals surface area (Å²) in [4.78, 5) is 0.335. The lowest BCUT2D eigenvalue weighted by atomic mass is 10.0. The van der Waals surface area contributed by atoms with Crippen LogP contribution in [0.1, 0.15) is 25.3 Å². The van der Waals surface area contributed by atoms with Crippen LogP contribution in [0.25, 0.3) is 0 Å². The fraction of sp³-hybridized carbons (Fsp3) is 0.600. The molecule has 2 aliphatic heterocycles. The Bertz CT molecular complexity index is 633. The van der Waals surface area contributed by atoms with E-state index in [2.05, 4.69) is 6.92 Å². The van der Waals surface area contributed by atoms with Gasteiger partial charge in [0.05, 0.1) is 4.90 Å².